The van der Waals surface area contributed by atoms with E-state index in [1.54, 1.807) is 37.5 Å². The Morgan fingerprint density at radius 1 is 1.34 bits per heavy atom. The number of alkyl halides is 3. The van der Waals surface area contributed by atoms with Gasteiger partial charge in [0, 0.05) is 25.0 Å². The van der Waals surface area contributed by atoms with Crippen molar-refractivity contribution in [2.75, 3.05) is 6.54 Å². The number of hydrogen-bond acceptors (Lipinski definition) is 5. The molecule has 0 bridgehead atoms. The van der Waals surface area contributed by atoms with Crippen LogP contribution in [0.2, 0.25) is 0 Å². The number of ether oxygens (including phenoxy) is 1. The summed E-state index contributed by atoms with van der Waals surface area (Å²) in [5.74, 6) is -0.144. The zero-order valence-electron chi connectivity index (χ0n) is 15.5. The molecule has 0 fully saturated rings. The number of aliphatic hydroxyl groups is 1. The Kier molecular flexibility index (Phi) is 6.02. The van der Waals surface area contributed by atoms with Gasteiger partial charge in [-0.15, -0.1) is 0 Å². The van der Waals surface area contributed by atoms with Gasteiger partial charge in [-0.1, -0.05) is 6.07 Å². The molecule has 0 aliphatic rings. The van der Waals surface area contributed by atoms with E-state index < -0.39 is 31.2 Å². The molecule has 29 heavy (non-hydrogen) atoms. The maximum Gasteiger partial charge on any atom is 0.391 e. The molecule has 3 aromatic rings. The molecule has 1 atom stereocenters. The fourth-order valence-electron chi connectivity index (χ4n) is 2.79. The molecular formula is C19H19F3N4O3. The standard InChI is InChI=1S/C19H19F3N4O3/c1-12-17(18(28)24-10-14(27)9-19(20,21)22)16-8-15(5-7-26(16)25-12)29-11-13-4-2-3-6-23-13/h2-8,14,27H,9-11H2,1H3,(H,24,28). The van der Waals surface area contributed by atoms with Crippen LogP contribution in [-0.2, 0) is 6.61 Å². The third-order valence-electron chi connectivity index (χ3n) is 4.09. The van der Waals surface area contributed by atoms with E-state index in [9.17, 15) is 23.1 Å². The molecule has 2 N–H and O–H groups in total. The van der Waals surface area contributed by atoms with Gasteiger partial charge in [0.2, 0.25) is 0 Å². The summed E-state index contributed by atoms with van der Waals surface area (Å²) in [6.45, 7) is 1.32. The van der Waals surface area contributed by atoms with E-state index in [0.717, 1.165) is 5.69 Å². The van der Waals surface area contributed by atoms with Gasteiger partial charge in [-0.3, -0.25) is 9.78 Å². The number of hydrogen-bond donors (Lipinski definition) is 2. The second kappa shape index (κ2) is 8.48. The minimum absolute atomic E-state index is 0.201. The highest BCUT2D eigenvalue weighted by Crippen LogP contribution is 2.23. The lowest BCUT2D eigenvalue weighted by molar-refractivity contribution is -0.152. The second-order valence-electron chi connectivity index (χ2n) is 6.45. The summed E-state index contributed by atoms with van der Waals surface area (Å²) in [5, 5.41) is 16.0. The third-order valence-corrected chi connectivity index (χ3v) is 4.09. The maximum atomic E-state index is 12.5. The largest absolute Gasteiger partial charge is 0.487 e. The summed E-state index contributed by atoms with van der Waals surface area (Å²) in [7, 11) is 0. The predicted octanol–water partition coefficient (Wildman–Crippen LogP) is 2.66. The molecule has 3 aromatic heterocycles. The number of aryl methyl sites for hydroxylation is 1. The van der Waals surface area contributed by atoms with Gasteiger partial charge in [-0.05, 0) is 25.1 Å². The number of fused-ring (bicyclic) bond motifs is 1. The van der Waals surface area contributed by atoms with Crippen LogP contribution in [0.5, 0.6) is 5.75 Å². The molecule has 0 aliphatic heterocycles. The number of halogens is 3. The van der Waals surface area contributed by atoms with Crippen LogP contribution in [0, 0.1) is 6.92 Å². The van der Waals surface area contributed by atoms with Gasteiger partial charge in [-0.25, -0.2) is 4.52 Å². The van der Waals surface area contributed by atoms with Crippen molar-refractivity contribution in [1.29, 1.82) is 0 Å². The van der Waals surface area contributed by atoms with Crippen LogP contribution in [-0.4, -0.2) is 44.4 Å². The van der Waals surface area contributed by atoms with E-state index in [2.05, 4.69) is 15.4 Å². The summed E-state index contributed by atoms with van der Waals surface area (Å²) >= 11 is 0. The lowest BCUT2D eigenvalue weighted by Gasteiger charge is -2.14. The molecule has 3 rings (SSSR count). The number of carbonyl (C=O) groups is 1. The monoisotopic (exact) mass is 408 g/mol. The maximum absolute atomic E-state index is 12.5. The van der Waals surface area contributed by atoms with E-state index in [4.69, 9.17) is 4.74 Å². The van der Waals surface area contributed by atoms with Crippen LogP contribution in [0.25, 0.3) is 5.52 Å². The number of carbonyl (C=O) groups excluding carboxylic acids is 1. The first-order valence-electron chi connectivity index (χ1n) is 8.77. The lowest BCUT2D eigenvalue weighted by Crippen LogP contribution is -2.34. The Balaban J connectivity index is 1.73. The van der Waals surface area contributed by atoms with Crippen LogP contribution in [0.15, 0.2) is 42.7 Å². The van der Waals surface area contributed by atoms with E-state index in [1.165, 1.54) is 4.52 Å². The molecule has 0 saturated heterocycles. The Hall–Kier alpha value is -3.14. The van der Waals surface area contributed by atoms with Crippen LogP contribution >= 0.6 is 0 Å². The average Bonchev–Trinajstić information content (AvgIpc) is 2.99. The second-order valence-corrected chi connectivity index (χ2v) is 6.45. The molecule has 0 radical (unpaired) electrons. The van der Waals surface area contributed by atoms with Gasteiger partial charge in [0.25, 0.3) is 5.91 Å². The summed E-state index contributed by atoms with van der Waals surface area (Å²) < 4.78 is 44.1. The highest BCUT2D eigenvalue weighted by molar-refractivity contribution is 6.02. The number of rotatable bonds is 7. The molecule has 0 aliphatic carbocycles. The number of aromatic nitrogens is 3. The van der Waals surface area contributed by atoms with E-state index in [0.29, 0.717) is 17.0 Å². The SMILES string of the molecule is Cc1nn2ccc(OCc3ccccn3)cc2c1C(=O)NCC(O)CC(F)(F)F. The van der Waals surface area contributed by atoms with E-state index in [-0.39, 0.29) is 12.2 Å². The van der Waals surface area contributed by atoms with Crippen molar-refractivity contribution in [2.45, 2.75) is 32.2 Å². The van der Waals surface area contributed by atoms with Crippen molar-refractivity contribution < 1.29 is 27.8 Å². The smallest absolute Gasteiger partial charge is 0.391 e. The summed E-state index contributed by atoms with van der Waals surface area (Å²) in [6.07, 6.45) is -4.36. The average molecular weight is 408 g/mol. The number of nitrogens with one attached hydrogen (secondary N) is 1. The first-order valence-corrected chi connectivity index (χ1v) is 8.77. The zero-order chi connectivity index (χ0) is 21.0. The molecule has 7 nitrogen and oxygen atoms in total. The van der Waals surface area contributed by atoms with Crippen LogP contribution in [0.1, 0.15) is 28.2 Å². The molecular weight excluding hydrogens is 389 g/mol. The van der Waals surface area contributed by atoms with Crippen molar-refractivity contribution in [3.63, 3.8) is 0 Å². The molecule has 0 aromatic carbocycles. The number of pyridine rings is 2. The fraction of sp³-hybridized carbons (Fsp3) is 0.316. The molecule has 10 heteroatoms. The van der Waals surface area contributed by atoms with Gasteiger partial charge < -0.3 is 15.2 Å². The van der Waals surface area contributed by atoms with E-state index in [1.807, 2.05) is 12.1 Å². The van der Waals surface area contributed by atoms with Gasteiger partial charge in [-0.2, -0.15) is 18.3 Å². The van der Waals surface area contributed by atoms with Gasteiger partial charge in [0.15, 0.2) is 0 Å². The number of amides is 1. The number of aliphatic hydroxyl groups excluding tert-OH is 1. The zero-order valence-corrected chi connectivity index (χ0v) is 15.5. The first-order chi connectivity index (χ1) is 13.7. The summed E-state index contributed by atoms with van der Waals surface area (Å²) in [5.41, 5.74) is 1.76. The summed E-state index contributed by atoms with van der Waals surface area (Å²) in [6, 6.07) is 8.74. The first kappa shape index (κ1) is 20.6. The van der Waals surface area contributed by atoms with Crippen LogP contribution in [0.4, 0.5) is 13.2 Å². The summed E-state index contributed by atoms with van der Waals surface area (Å²) in [4.78, 5) is 16.7. The van der Waals surface area contributed by atoms with Gasteiger partial charge in [0.05, 0.1) is 35.0 Å². The molecule has 154 valence electrons. The minimum atomic E-state index is -4.51. The highest BCUT2D eigenvalue weighted by Gasteiger charge is 2.31. The van der Waals surface area contributed by atoms with Crippen molar-refractivity contribution in [1.82, 2.24) is 19.9 Å². The van der Waals surface area contributed by atoms with Crippen LogP contribution in [0.3, 0.4) is 0 Å². The van der Waals surface area contributed by atoms with E-state index >= 15 is 0 Å². The molecule has 1 amide bonds. The quantitative estimate of drug-likeness (QED) is 0.628. The van der Waals surface area contributed by atoms with Crippen molar-refractivity contribution >= 4 is 11.4 Å². The number of nitrogens with zero attached hydrogens (tertiary/aromatic N) is 3. The topological polar surface area (TPSA) is 88.8 Å². The van der Waals surface area contributed by atoms with Crippen molar-refractivity contribution in [3.05, 3.63) is 59.7 Å². The van der Waals surface area contributed by atoms with Gasteiger partial charge in [0.1, 0.15) is 12.4 Å². The highest BCUT2D eigenvalue weighted by atomic mass is 19.4. The Labute approximate surface area is 164 Å². The Morgan fingerprint density at radius 3 is 2.83 bits per heavy atom. The fourth-order valence-corrected chi connectivity index (χ4v) is 2.79. The normalized spacial score (nSPS) is 12.7. The molecule has 3 heterocycles. The van der Waals surface area contributed by atoms with Gasteiger partial charge >= 0.3 is 6.18 Å². The molecule has 1 unspecified atom stereocenters. The Bertz CT molecular complexity index is 990. The molecule has 0 spiro atoms. The lowest BCUT2D eigenvalue weighted by atomic mass is 10.1. The van der Waals surface area contributed by atoms with Crippen molar-refractivity contribution in [3.8, 4) is 5.75 Å². The Morgan fingerprint density at radius 2 is 2.14 bits per heavy atom. The minimum Gasteiger partial charge on any atom is -0.487 e. The third kappa shape index (κ3) is 5.44. The molecule has 0 saturated carbocycles. The van der Waals surface area contributed by atoms with Crippen molar-refractivity contribution in [2.24, 2.45) is 0 Å². The van der Waals surface area contributed by atoms with Crippen LogP contribution < -0.4 is 10.1 Å². The predicted molar refractivity (Wildman–Crippen MR) is 97.5 cm³/mol.